The van der Waals surface area contributed by atoms with Crippen LogP contribution in [0.25, 0.3) is 0 Å². The number of allylic oxidation sites excluding steroid dienone is 12. The van der Waals surface area contributed by atoms with Crippen molar-refractivity contribution in [3.8, 4) is 0 Å². The molecule has 0 saturated heterocycles. The van der Waals surface area contributed by atoms with Crippen molar-refractivity contribution in [2.45, 2.75) is 72.0 Å². The van der Waals surface area contributed by atoms with Crippen molar-refractivity contribution in [2.24, 2.45) is 5.41 Å². The molecule has 0 radical (unpaired) electrons. The lowest BCUT2D eigenvalue weighted by Gasteiger charge is -2.53. The van der Waals surface area contributed by atoms with Crippen LogP contribution in [0.5, 0.6) is 0 Å². The fraction of sp³-hybridized carbons (Fsp3) is 0.444. The smallest absolute Gasteiger partial charge is 0.328 e. The fourth-order valence-corrected chi connectivity index (χ4v) is 3.78. The first-order chi connectivity index (χ1) is 14.3. The highest BCUT2D eigenvalue weighted by Gasteiger charge is 2.56. The van der Waals surface area contributed by atoms with E-state index in [-0.39, 0.29) is 0 Å². The molecule has 0 aliphatic heterocycles. The first-order valence-electron chi connectivity index (χ1n) is 10.7. The van der Waals surface area contributed by atoms with Crippen molar-refractivity contribution in [2.75, 3.05) is 0 Å². The average Bonchev–Trinajstić information content (AvgIpc) is 2.66. The van der Waals surface area contributed by atoms with E-state index in [0.29, 0.717) is 6.42 Å². The molecular formula is C27H38O4. The molecule has 1 rings (SSSR count). The first-order valence-corrected chi connectivity index (χ1v) is 10.7. The van der Waals surface area contributed by atoms with Crippen LogP contribution in [-0.4, -0.2) is 32.5 Å². The van der Waals surface area contributed by atoms with E-state index < -0.39 is 22.6 Å². The Balaban J connectivity index is 2.78. The van der Waals surface area contributed by atoms with Gasteiger partial charge in [0.1, 0.15) is 5.60 Å². The SMILES string of the molecule is CC(/C=C/C=C(C)/C=C/[C@]1(O)C(C)(C)CCC[C@@]1(C)O)=C\C=C/C=C(C)/C=C/C(=O)O. The van der Waals surface area contributed by atoms with Gasteiger partial charge in [0.05, 0.1) is 5.60 Å². The number of carboxylic acids is 1. The topological polar surface area (TPSA) is 77.8 Å². The molecule has 4 nitrogen and oxygen atoms in total. The van der Waals surface area contributed by atoms with Crippen molar-refractivity contribution in [3.63, 3.8) is 0 Å². The Morgan fingerprint density at radius 1 is 0.742 bits per heavy atom. The van der Waals surface area contributed by atoms with Crippen LogP contribution in [0.3, 0.4) is 0 Å². The predicted octanol–water partition coefficient (Wildman–Crippen LogP) is 5.83. The normalized spacial score (nSPS) is 28.5. The van der Waals surface area contributed by atoms with Crippen molar-refractivity contribution >= 4 is 5.97 Å². The van der Waals surface area contributed by atoms with Crippen molar-refractivity contribution < 1.29 is 20.1 Å². The van der Waals surface area contributed by atoms with Gasteiger partial charge < -0.3 is 15.3 Å². The van der Waals surface area contributed by atoms with Gasteiger partial charge in [-0.05, 0) is 58.4 Å². The number of carbonyl (C=O) groups is 1. The summed E-state index contributed by atoms with van der Waals surface area (Å²) in [6.07, 6.45) is 22.1. The molecule has 0 aromatic heterocycles. The summed E-state index contributed by atoms with van der Waals surface area (Å²) in [5, 5.41) is 30.7. The highest BCUT2D eigenvalue weighted by Crippen LogP contribution is 2.50. The highest BCUT2D eigenvalue weighted by molar-refractivity contribution is 5.80. The maximum absolute atomic E-state index is 11.3. The lowest BCUT2D eigenvalue weighted by molar-refractivity contribution is -0.194. The minimum Gasteiger partial charge on any atom is -0.478 e. The minimum atomic E-state index is -1.27. The molecule has 0 spiro atoms. The summed E-state index contributed by atoms with van der Waals surface area (Å²) >= 11 is 0. The number of aliphatic hydroxyl groups is 2. The Bertz CT molecular complexity index is 826. The van der Waals surface area contributed by atoms with Gasteiger partial charge in [0.25, 0.3) is 0 Å². The van der Waals surface area contributed by atoms with E-state index in [2.05, 4.69) is 0 Å². The van der Waals surface area contributed by atoms with Gasteiger partial charge in [0.2, 0.25) is 0 Å². The standard InChI is InChI=1S/C27H38O4/c1-21(11-7-8-12-22(2)15-16-24(28)29)13-9-14-23(3)17-20-27(31)25(4,5)18-10-19-26(27,6)30/h7-9,11-17,20,30-31H,10,18-19H2,1-6H3,(H,28,29)/b8-7-,13-9+,16-15+,20-17+,21-11+,22-12+,23-14+/t26-,27+/m1/s1. The molecule has 0 aromatic rings. The Morgan fingerprint density at radius 3 is 1.81 bits per heavy atom. The van der Waals surface area contributed by atoms with Gasteiger partial charge in [-0.3, -0.25) is 0 Å². The van der Waals surface area contributed by atoms with Crippen LogP contribution >= 0.6 is 0 Å². The number of hydrogen-bond donors (Lipinski definition) is 3. The van der Waals surface area contributed by atoms with Crippen LogP contribution < -0.4 is 0 Å². The number of carboxylic acid groups (broad SMARTS) is 1. The second-order valence-corrected chi connectivity index (χ2v) is 9.26. The maximum Gasteiger partial charge on any atom is 0.328 e. The Morgan fingerprint density at radius 2 is 1.26 bits per heavy atom. The van der Waals surface area contributed by atoms with Crippen LogP contribution in [0.15, 0.2) is 83.6 Å². The first kappa shape index (κ1) is 26.6. The molecule has 0 aromatic carbocycles. The monoisotopic (exact) mass is 426 g/mol. The number of rotatable bonds is 8. The van der Waals surface area contributed by atoms with Gasteiger partial charge in [-0.15, -0.1) is 0 Å². The second kappa shape index (κ2) is 11.3. The molecule has 1 aliphatic carbocycles. The van der Waals surface area contributed by atoms with Gasteiger partial charge in [-0.2, -0.15) is 0 Å². The van der Waals surface area contributed by atoms with Crippen LogP contribution in [0.2, 0.25) is 0 Å². The van der Waals surface area contributed by atoms with Crippen molar-refractivity contribution in [3.05, 3.63) is 83.6 Å². The highest BCUT2D eigenvalue weighted by atomic mass is 16.4. The molecule has 1 aliphatic rings. The van der Waals surface area contributed by atoms with Crippen LogP contribution in [0.4, 0.5) is 0 Å². The average molecular weight is 427 g/mol. The van der Waals surface area contributed by atoms with Gasteiger partial charge >= 0.3 is 5.97 Å². The molecule has 0 heterocycles. The predicted molar refractivity (Wildman–Crippen MR) is 129 cm³/mol. The van der Waals surface area contributed by atoms with Crippen LogP contribution in [0, 0.1) is 5.41 Å². The third kappa shape index (κ3) is 7.97. The molecule has 1 fully saturated rings. The van der Waals surface area contributed by atoms with E-state index in [9.17, 15) is 15.0 Å². The van der Waals surface area contributed by atoms with Gasteiger partial charge in [0.15, 0.2) is 0 Å². The van der Waals surface area contributed by atoms with E-state index in [0.717, 1.165) is 35.6 Å². The summed E-state index contributed by atoms with van der Waals surface area (Å²) in [6.45, 7) is 11.5. The number of hydrogen-bond acceptors (Lipinski definition) is 3. The van der Waals surface area contributed by atoms with Gasteiger partial charge in [-0.25, -0.2) is 4.79 Å². The van der Waals surface area contributed by atoms with E-state index in [1.165, 1.54) is 0 Å². The molecule has 1 saturated carbocycles. The van der Waals surface area contributed by atoms with Gasteiger partial charge in [0, 0.05) is 6.08 Å². The summed E-state index contributed by atoms with van der Waals surface area (Å²) < 4.78 is 0. The zero-order chi connectivity index (χ0) is 23.7. The lowest BCUT2D eigenvalue weighted by atomic mass is 9.58. The molecule has 31 heavy (non-hydrogen) atoms. The molecule has 4 heteroatoms. The molecule has 0 amide bonds. The van der Waals surface area contributed by atoms with Crippen LogP contribution in [-0.2, 0) is 4.79 Å². The molecule has 2 atom stereocenters. The lowest BCUT2D eigenvalue weighted by Crippen LogP contribution is -2.62. The quantitative estimate of drug-likeness (QED) is 0.337. The largest absolute Gasteiger partial charge is 0.478 e. The number of aliphatic carboxylic acids is 1. The van der Waals surface area contributed by atoms with E-state index in [4.69, 9.17) is 5.11 Å². The second-order valence-electron chi connectivity index (χ2n) is 9.26. The third-order valence-corrected chi connectivity index (χ3v) is 5.94. The van der Waals surface area contributed by atoms with E-state index in [1.807, 2.05) is 83.2 Å². The zero-order valence-electron chi connectivity index (χ0n) is 19.7. The Kier molecular flexibility index (Phi) is 9.67. The molecule has 3 N–H and O–H groups in total. The molecular weight excluding hydrogens is 388 g/mol. The van der Waals surface area contributed by atoms with Gasteiger partial charge in [-0.1, -0.05) is 85.3 Å². The minimum absolute atomic E-state index is 0.400. The fourth-order valence-electron chi connectivity index (χ4n) is 3.78. The molecule has 0 unspecified atom stereocenters. The van der Waals surface area contributed by atoms with Crippen LogP contribution in [0.1, 0.15) is 60.8 Å². The summed E-state index contributed by atoms with van der Waals surface area (Å²) in [6, 6.07) is 0. The van der Waals surface area contributed by atoms with E-state index in [1.54, 1.807) is 19.1 Å². The molecule has 0 bridgehead atoms. The molecule has 170 valence electrons. The van der Waals surface area contributed by atoms with Crippen molar-refractivity contribution in [1.29, 1.82) is 0 Å². The summed E-state index contributed by atoms with van der Waals surface area (Å²) in [7, 11) is 0. The zero-order valence-corrected chi connectivity index (χ0v) is 19.7. The van der Waals surface area contributed by atoms with Crippen molar-refractivity contribution in [1.82, 2.24) is 0 Å². The van der Waals surface area contributed by atoms with E-state index >= 15 is 0 Å². The summed E-state index contributed by atoms with van der Waals surface area (Å²) in [4.78, 5) is 10.5. The maximum atomic E-state index is 11.3. The summed E-state index contributed by atoms with van der Waals surface area (Å²) in [5.74, 6) is -0.960. The third-order valence-electron chi connectivity index (χ3n) is 5.94. The Hall–Kier alpha value is -2.43. The summed E-state index contributed by atoms with van der Waals surface area (Å²) in [5.41, 5.74) is 0.0721. The Labute approximate surface area is 187 Å².